The van der Waals surface area contributed by atoms with Crippen molar-refractivity contribution < 1.29 is 4.79 Å². The number of hydrogen-bond donors (Lipinski definition) is 1. The average molecular weight is 331 g/mol. The Kier molecular flexibility index (Phi) is 4.79. The third-order valence-electron chi connectivity index (χ3n) is 3.37. The van der Waals surface area contributed by atoms with Crippen molar-refractivity contribution in [3.8, 4) is 0 Å². The summed E-state index contributed by atoms with van der Waals surface area (Å²) in [6.45, 7) is 2.02. The Balaban J connectivity index is 2.29. The number of carbonyl (C=O) groups is 1. The molecule has 1 aliphatic carbocycles. The summed E-state index contributed by atoms with van der Waals surface area (Å²) in [6, 6.07) is 3.03. The van der Waals surface area contributed by atoms with Gasteiger partial charge in [0.2, 0.25) is 0 Å². The van der Waals surface area contributed by atoms with E-state index in [2.05, 4.69) is 5.32 Å². The van der Waals surface area contributed by atoms with Crippen LogP contribution in [0.25, 0.3) is 0 Å². The third kappa shape index (κ3) is 3.20. The Morgan fingerprint density at radius 2 is 1.90 bits per heavy atom. The van der Waals surface area contributed by atoms with E-state index in [9.17, 15) is 4.79 Å². The smallest absolute Gasteiger partial charge is 0.255 e. The highest BCUT2D eigenvalue weighted by Gasteiger charge is 2.29. The van der Waals surface area contributed by atoms with Crippen molar-refractivity contribution in [2.75, 3.05) is 0 Å². The molecule has 0 heterocycles. The molecule has 1 aliphatic rings. The second kappa shape index (κ2) is 6.21. The van der Waals surface area contributed by atoms with Crippen molar-refractivity contribution in [2.45, 2.75) is 25.3 Å². The summed E-state index contributed by atoms with van der Waals surface area (Å²) < 4.78 is 0. The van der Waals surface area contributed by atoms with Crippen LogP contribution >= 0.6 is 34.8 Å². The molecule has 1 atom stereocenters. The molecule has 0 aromatic heterocycles. The average Bonchev–Trinajstić information content (AvgIpc) is 2.38. The molecule has 0 saturated heterocycles. The lowest BCUT2D eigenvalue weighted by molar-refractivity contribution is 0.0915. The zero-order valence-electron chi connectivity index (χ0n) is 10.9. The number of halogens is 3. The van der Waals surface area contributed by atoms with Gasteiger partial charge >= 0.3 is 0 Å². The molecule has 106 valence electrons. The number of nitrogens with one attached hydrogen (secondary N) is 1. The van der Waals surface area contributed by atoms with E-state index < -0.39 is 5.54 Å². The molecule has 0 spiro atoms. The van der Waals surface area contributed by atoms with E-state index in [1.54, 1.807) is 0 Å². The fourth-order valence-electron chi connectivity index (χ4n) is 2.16. The van der Waals surface area contributed by atoms with Gasteiger partial charge in [0.15, 0.2) is 0 Å². The van der Waals surface area contributed by atoms with Gasteiger partial charge in [-0.1, -0.05) is 66.0 Å². The highest BCUT2D eigenvalue weighted by atomic mass is 35.5. The summed E-state index contributed by atoms with van der Waals surface area (Å²) in [5, 5.41) is 3.92. The third-order valence-corrected chi connectivity index (χ3v) is 4.19. The van der Waals surface area contributed by atoms with E-state index >= 15 is 0 Å². The van der Waals surface area contributed by atoms with Crippen LogP contribution in [0, 0.1) is 0 Å². The van der Waals surface area contributed by atoms with Crippen molar-refractivity contribution in [3.63, 3.8) is 0 Å². The maximum Gasteiger partial charge on any atom is 0.255 e. The van der Waals surface area contributed by atoms with Gasteiger partial charge in [0.25, 0.3) is 5.91 Å². The van der Waals surface area contributed by atoms with Gasteiger partial charge in [-0.2, -0.15) is 0 Å². The maximum absolute atomic E-state index is 12.4. The predicted octanol–water partition coefficient (Wildman–Crippen LogP) is 5.04. The van der Waals surface area contributed by atoms with Crippen molar-refractivity contribution in [3.05, 3.63) is 57.1 Å². The lowest BCUT2D eigenvalue weighted by atomic mass is 9.88. The molecule has 0 saturated carbocycles. The number of allylic oxidation sites excluding steroid dienone is 2. The molecule has 1 amide bonds. The minimum atomic E-state index is -0.391. The molecule has 0 radical (unpaired) electrons. The molecule has 1 aromatic carbocycles. The molecule has 0 fully saturated rings. The van der Waals surface area contributed by atoms with Crippen LogP contribution in [0.3, 0.4) is 0 Å². The van der Waals surface area contributed by atoms with Gasteiger partial charge in [0, 0.05) is 5.02 Å². The largest absolute Gasteiger partial charge is 0.343 e. The fraction of sp³-hybridized carbons (Fsp3) is 0.267. The van der Waals surface area contributed by atoms with Crippen molar-refractivity contribution in [1.82, 2.24) is 5.32 Å². The van der Waals surface area contributed by atoms with Crippen LogP contribution in [-0.4, -0.2) is 11.4 Å². The van der Waals surface area contributed by atoms with Crippen molar-refractivity contribution in [1.29, 1.82) is 0 Å². The van der Waals surface area contributed by atoms with E-state index in [0.29, 0.717) is 5.02 Å². The minimum absolute atomic E-state index is 0.251. The molecule has 1 N–H and O–H groups in total. The summed E-state index contributed by atoms with van der Waals surface area (Å²) in [5.74, 6) is -0.293. The Morgan fingerprint density at radius 3 is 2.40 bits per heavy atom. The van der Waals surface area contributed by atoms with E-state index in [-0.39, 0.29) is 21.5 Å². The van der Waals surface area contributed by atoms with Crippen LogP contribution in [0.1, 0.15) is 30.1 Å². The van der Waals surface area contributed by atoms with Gasteiger partial charge < -0.3 is 5.32 Å². The number of benzene rings is 1. The zero-order chi connectivity index (χ0) is 14.8. The fourth-order valence-corrected chi connectivity index (χ4v) is 3.14. The van der Waals surface area contributed by atoms with E-state index in [0.717, 1.165) is 12.8 Å². The molecule has 5 heteroatoms. The number of hydrogen-bond acceptors (Lipinski definition) is 1. The molecule has 1 unspecified atom stereocenters. The minimum Gasteiger partial charge on any atom is -0.343 e. The highest BCUT2D eigenvalue weighted by Crippen LogP contribution is 2.30. The van der Waals surface area contributed by atoms with Crippen LogP contribution in [0.4, 0.5) is 0 Å². The second-order valence-electron chi connectivity index (χ2n) is 4.70. The Hall–Kier alpha value is -0.960. The molecular weight excluding hydrogens is 317 g/mol. The van der Waals surface area contributed by atoms with Gasteiger partial charge in [-0.25, -0.2) is 0 Å². The molecule has 0 aliphatic heterocycles. The van der Waals surface area contributed by atoms with Gasteiger partial charge in [-0.05, 0) is 25.0 Å². The number of amides is 1. The molecule has 2 rings (SSSR count). The predicted molar refractivity (Wildman–Crippen MR) is 84.9 cm³/mol. The van der Waals surface area contributed by atoms with E-state index in [1.807, 2.05) is 31.2 Å². The second-order valence-corrected chi connectivity index (χ2v) is 5.95. The first kappa shape index (κ1) is 15.4. The summed E-state index contributed by atoms with van der Waals surface area (Å²) in [6.07, 6.45) is 9.43. The highest BCUT2D eigenvalue weighted by molar-refractivity contribution is 6.42. The van der Waals surface area contributed by atoms with E-state index in [4.69, 9.17) is 34.8 Å². The normalized spacial score (nSPS) is 21.0. The van der Waals surface area contributed by atoms with Gasteiger partial charge in [0.05, 0.1) is 21.1 Å². The van der Waals surface area contributed by atoms with E-state index in [1.165, 1.54) is 12.1 Å². The number of rotatable bonds is 3. The Labute approximate surface area is 133 Å². The maximum atomic E-state index is 12.4. The van der Waals surface area contributed by atoms with Crippen LogP contribution in [0.2, 0.25) is 15.1 Å². The van der Waals surface area contributed by atoms with Crippen LogP contribution in [0.15, 0.2) is 36.4 Å². The lowest BCUT2D eigenvalue weighted by Crippen LogP contribution is -2.46. The quantitative estimate of drug-likeness (QED) is 0.826. The monoisotopic (exact) mass is 329 g/mol. The summed E-state index contributed by atoms with van der Waals surface area (Å²) in [4.78, 5) is 12.4. The molecule has 2 nitrogen and oxygen atoms in total. The summed E-state index contributed by atoms with van der Waals surface area (Å²) in [7, 11) is 0. The van der Waals surface area contributed by atoms with Crippen LogP contribution in [0.5, 0.6) is 0 Å². The van der Waals surface area contributed by atoms with Gasteiger partial charge in [-0.15, -0.1) is 0 Å². The molecular formula is C15H14Cl3NO. The van der Waals surface area contributed by atoms with Crippen molar-refractivity contribution in [2.24, 2.45) is 0 Å². The zero-order valence-corrected chi connectivity index (χ0v) is 13.2. The topological polar surface area (TPSA) is 29.1 Å². The standard InChI is InChI=1S/C15H14Cl3NO/c1-2-15(6-4-3-5-7-15)19-14(20)13-11(17)8-10(16)9-12(13)18/h3-6,8-9H,2,7H2,1H3,(H,19,20). The first-order valence-electron chi connectivity index (χ1n) is 6.29. The van der Waals surface area contributed by atoms with Crippen LogP contribution < -0.4 is 5.32 Å². The Morgan fingerprint density at radius 1 is 1.25 bits per heavy atom. The first-order chi connectivity index (χ1) is 9.47. The number of carbonyl (C=O) groups excluding carboxylic acids is 1. The Bertz CT molecular complexity index is 572. The molecule has 20 heavy (non-hydrogen) atoms. The summed E-state index contributed by atoms with van der Waals surface area (Å²) in [5.41, 5.74) is -0.133. The summed E-state index contributed by atoms with van der Waals surface area (Å²) >= 11 is 18.0. The van der Waals surface area contributed by atoms with Gasteiger partial charge in [-0.3, -0.25) is 4.79 Å². The van der Waals surface area contributed by atoms with Gasteiger partial charge in [0.1, 0.15) is 0 Å². The first-order valence-corrected chi connectivity index (χ1v) is 7.42. The lowest BCUT2D eigenvalue weighted by Gasteiger charge is -2.31. The molecule has 0 bridgehead atoms. The van der Waals surface area contributed by atoms with Crippen molar-refractivity contribution >= 4 is 40.7 Å². The van der Waals surface area contributed by atoms with Crippen LogP contribution in [-0.2, 0) is 0 Å². The SMILES string of the molecule is CCC1(NC(=O)c2c(Cl)cc(Cl)cc2Cl)C=CC=CC1. The molecule has 1 aromatic rings.